The van der Waals surface area contributed by atoms with E-state index in [0.29, 0.717) is 19.1 Å². The first kappa shape index (κ1) is 26.4. The van der Waals surface area contributed by atoms with Crippen molar-refractivity contribution in [3.8, 4) is 5.75 Å². The number of amides is 1. The van der Waals surface area contributed by atoms with Gasteiger partial charge in [-0.15, -0.1) is 0 Å². The van der Waals surface area contributed by atoms with Gasteiger partial charge in [-0.1, -0.05) is 26.2 Å². The Morgan fingerprint density at radius 2 is 1.85 bits per heavy atom. The van der Waals surface area contributed by atoms with Crippen molar-refractivity contribution >= 4 is 27.6 Å². The molecule has 34 heavy (non-hydrogen) atoms. The zero-order chi connectivity index (χ0) is 24.6. The average molecular weight is 497 g/mol. The summed E-state index contributed by atoms with van der Waals surface area (Å²) >= 11 is 0. The van der Waals surface area contributed by atoms with Gasteiger partial charge < -0.3 is 19.5 Å². The van der Waals surface area contributed by atoms with Gasteiger partial charge in [-0.25, -0.2) is 8.42 Å². The normalized spacial score (nSPS) is 21.6. The lowest BCUT2D eigenvalue weighted by atomic mass is 9.80. The van der Waals surface area contributed by atoms with Crippen molar-refractivity contribution in [3.63, 3.8) is 0 Å². The Balaban J connectivity index is 1.55. The molecule has 1 saturated heterocycles. The summed E-state index contributed by atoms with van der Waals surface area (Å²) in [5.41, 5.74) is 0.283. The first-order valence-electron chi connectivity index (χ1n) is 12.1. The fraction of sp³-hybridized carbons (Fsp3) is 0.667. The van der Waals surface area contributed by atoms with Gasteiger partial charge >= 0.3 is 5.97 Å². The number of ether oxygens (including phenoxy) is 3. The molecule has 9 nitrogen and oxygen atoms in total. The highest BCUT2D eigenvalue weighted by Gasteiger charge is 2.30. The Bertz CT molecular complexity index is 937. The Labute approximate surface area is 202 Å². The molecule has 2 aliphatic rings. The van der Waals surface area contributed by atoms with Crippen LogP contribution in [0.5, 0.6) is 5.75 Å². The number of carbonyl (C=O) groups excluding carboxylic acids is 2. The summed E-state index contributed by atoms with van der Waals surface area (Å²) in [6.45, 7) is 2.92. The maximum Gasteiger partial charge on any atom is 0.309 e. The fourth-order valence-electron chi connectivity index (χ4n) is 4.51. The van der Waals surface area contributed by atoms with Crippen molar-refractivity contribution in [1.82, 2.24) is 4.31 Å². The smallest absolute Gasteiger partial charge is 0.309 e. The van der Waals surface area contributed by atoms with E-state index in [-0.39, 0.29) is 41.3 Å². The lowest BCUT2D eigenvalue weighted by Gasteiger charge is -2.27. The molecule has 3 rings (SSSR count). The van der Waals surface area contributed by atoms with Gasteiger partial charge in [0.1, 0.15) is 10.6 Å². The molecule has 1 aromatic rings. The summed E-state index contributed by atoms with van der Waals surface area (Å²) in [6, 6.07) is 4.40. The molecule has 1 heterocycles. The maximum atomic E-state index is 13.1. The predicted molar refractivity (Wildman–Crippen MR) is 127 cm³/mol. The molecule has 1 saturated carbocycles. The van der Waals surface area contributed by atoms with Gasteiger partial charge in [-0.2, -0.15) is 4.31 Å². The van der Waals surface area contributed by atoms with E-state index in [4.69, 9.17) is 14.2 Å². The van der Waals surface area contributed by atoms with Gasteiger partial charge in [-0.3, -0.25) is 9.59 Å². The van der Waals surface area contributed by atoms with Crippen LogP contribution in [0.15, 0.2) is 23.1 Å². The summed E-state index contributed by atoms with van der Waals surface area (Å²) in [6.07, 6.45) is 7.28. The molecule has 1 aromatic carbocycles. The van der Waals surface area contributed by atoms with E-state index in [2.05, 4.69) is 12.2 Å². The van der Waals surface area contributed by atoms with Crippen LogP contribution >= 0.6 is 0 Å². The molecule has 190 valence electrons. The fourth-order valence-corrected chi connectivity index (χ4v) is 6.10. The van der Waals surface area contributed by atoms with Crippen molar-refractivity contribution in [2.24, 2.45) is 11.8 Å². The number of hydrogen-bond acceptors (Lipinski definition) is 7. The second kappa shape index (κ2) is 12.5. The number of unbranched alkanes of at least 4 members (excludes halogenated alkanes) is 1. The maximum absolute atomic E-state index is 13.1. The number of nitrogens with one attached hydrogen (secondary N) is 1. The van der Waals surface area contributed by atoms with Crippen molar-refractivity contribution in [2.75, 3.05) is 45.3 Å². The van der Waals surface area contributed by atoms with Crippen LogP contribution in [-0.4, -0.2) is 64.6 Å². The molecule has 1 amide bonds. The Kier molecular flexibility index (Phi) is 9.73. The van der Waals surface area contributed by atoms with Crippen LogP contribution in [0.25, 0.3) is 0 Å². The number of hydrogen-bond donors (Lipinski definition) is 1. The predicted octanol–water partition coefficient (Wildman–Crippen LogP) is 3.19. The molecule has 0 spiro atoms. The molecule has 2 fully saturated rings. The summed E-state index contributed by atoms with van der Waals surface area (Å²) in [5, 5.41) is 2.62. The number of anilines is 1. The van der Waals surface area contributed by atoms with Gasteiger partial charge in [0, 0.05) is 18.8 Å². The van der Waals surface area contributed by atoms with Crippen LogP contribution in [0.1, 0.15) is 51.9 Å². The van der Waals surface area contributed by atoms with Gasteiger partial charge in [0.2, 0.25) is 10.0 Å². The average Bonchev–Trinajstić information content (AvgIpc) is 2.86. The molecule has 0 radical (unpaired) electrons. The number of morpholine rings is 1. The van der Waals surface area contributed by atoms with Crippen molar-refractivity contribution in [2.45, 2.75) is 56.8 Å². The number of benzene rings is 1. The molecular weight excluding hydrogens is 460 g/mol. The monoisotopic (exact) mass is 496 g/mol. The van der Waals surface area contributed by atoms with Gasteiger partial charge in [0.05, 0.1) is 26.2 Å². The quantitative estimate of drug-likeness (QED) is 0.495. The van der Waals surface area contributed by atoms with E-state index in [9.17, 15) is 18.0 Å². The minimum atomic E-state index is -3.82. The minimum Gasteiger partial charge on any atom is -0.495 e. The number of rotatable bonds is 10. The van der Waals surface area contributed by atoms with Crippen LogP contribution in [0.3, 0.4) is 0 Å². The molecule has 0 aromatic heterocycles. The lowest BCUT2D eigenvalue weighted by molar-refractivity contribution is -0.152. The third-order valence-electron chi connectivity index (χ3n) is 6.53. The van der Waals surface area contributed by atoms with Crippen LogP contribution in [0.2, 0.25) is 0 Å². The first-order chi connectivity index (χ1) is 16.3. The molecule has 0 atom stereocenters. The number of nitrogens with zero attached hydrogens (tertiary/aromatic N) is 1. The van der Waals surface area contributed by atoms with Crippen molar-refractivity contribution < 1.29 is 32.2 Å². The van der Waals surface area contributed by atoms with Crippen LogP contribution < -0.4 is 10.1 Å². The molecule has 1 N–H and O–H groups in total. The highest BCUT2D eigenvalue weighted by molar-refractivity contribution is 7.89. The molecule has 10 heteroatoms. The SMILES string of the molecule is CCCCC1CCC(C(=O)OCC(=O)Nc2ccc(OC)c(S(=O)(=O)N3CCOCC3)c2)CC1. The summed E-state index contributed by atoms with van der Waals surface area (Å²) in [5.74, 6) is -0.146. The lowest BCUT2D eigenvalue weighted by Crippen LogP contribution is -2.40. The topological polar surface area (TPSA) is 111 Å². The Morgan fingerprint density at radius 1 is 1.15 bits per heavy atom. The third-order valence-corrected chi connectivity index (χ3v) is 8.45. The van der Waals surface area contributed by atoms with Gasteiger partial charge in [0.15, 0.2) is 6.61 Å². The Hall–Kier alpha value is -2.17. The largest absolute Gasteiger partial charge is 0.495 e. The molecular formula is C24H36N2O7S. The van der Waals surface area contributed by atoms with E-state index in [1.165, 1.54) is 42.8 Å². The molecule has 0 unspecified atom stereocenters. The Morgan fingerprint density at radius 3 is 2.50 bits per heavy atom. The molecule has 1 aliphatic heterocycles. The highest BCUT2D eigenvalue weighted by atomic mass is 32.2. The van der Waals surface area contributed by atoms with Gasteiger partial charge in [0.25, 0.3) is 5.91 Å². The van der Waals surface area contributed by atoms with E-state index in [1.807, 2.05) is 0 Å². The van der Waals surface area contributed by atoms with Crippen molar-refractivity contribution in [1.29, 1.82) is 0 Å². The molecule has 1 aliphatic carbocycles. The number of esters is 1. The third kappa shape index (κ3) is 6.93. The van der Waals surface area contributed by atoms with Crippen LogP contribution in [0, 0.1) is 11.8 Å². The van der Waals surface area contributed by atoms with E-state index in [0.717, 1.165) is 25.7 Å². The highest BCUT2D eigenvalue weighted by Crippen LogP contribution is 2.33. The summed E-state index contributed by atoms with van der Waals surface area (Å²) in [7, 11) is -2.43. The van der Waals surface area contributed by atoms with E-state index >= 15 is 0 Å². The number of carbonyl (C=O) groups is 2. The standard InChI is InChI=1S/C24H36N2O7S/c1-3-4-5-18-6-8-19(9-7-18)24(28)33-17-23(27)25-20-10-11-21(31-2)22(16-20)34(29,30)26-12-14-32-15-13-26/h10-11,16,18-19H,3-9,12-15,17H2,1-2H3,(H,25,27). The van der Waals surface area contributed by atoms with Gasteiger partial charge in [-0.05, 0) is 49.8 Å². The number of sulfonamides is 1. The zero-order valence-corrected chi connectivity index (χ0v) is 20.9. The summed E-state index contributed by atoms with van der Waals surface area (Å²) in [4.78, 5) is 24.8. The first-order valence-corrected chi connectivity index (χ1v) is 13.5. The number of methoxy groups -OCH3 is 1. The summed E-state index contributed by atoms with van der Waals surface area (Å²) < 4.78 is 43.2. The second-order valence-electron chi connectivity index (χ2n) is 8.90. The van der Waals surface area contributed by atoms with E-state index in [1.54, 1.807) is 6.07 Å². The van der Waals surface area contributed by atoms with Crippen LogP contribution in [-0.2, 0) is 29.1 Å². The minimum absolute atomic E-state index is 0.0356. The van der Waals surface area contributed by atoms with Crippen molar-refractivity contribution in [3.05, 3.63) is 18.2 Å². The zero-order valence-electron chi connectivity index (χ0n) is 20.1. The second-order valence-corrected chi connectivity index (χ2v) is 10.8. The van der Waals surface area contributed by atoms with Crippen LogP contribution in [0.4, 0.5) is 5.69 Å². The van der Waals surface area contributed by atoms with E-state index < -0.39 is 22.5 Å². The molecule has 0 bridgehead atoms.